The lowest BCUT2D eigenvalue weighted by Crippen LogP contribution is -2.24. The van der Waals surface area contributed by atoms with Crippen molar-refractivity contribution in [3.63, 3.8) is 0 Å². The van der Waals surface area contributed by atoms with E-state index in [-0.39, 0.29) is 0 Å². The van der Waals surface area contributed by atoms with Crippen LogP contribution in [0.5, 0.6) is 5.75 Å². The third kappa shape index (κ3) is 2.79. The summed E-state index contributed by atoms with van der Waals surface area (Å²) in [6.45, 7) is 0.895. The molecule has 1 atom stereocenters. The maximum absolute atomic E-state index is 9.56. The van der Waals surface area contributed by atoms with Crippen molar-refractivity contribution in [3.8, 4) is 5.75 Å². The molecule has 19 heavy (non-hydrogen) atoms. The first-order valence-corrected chi connectivity index (χ1v) is 6.92. The molecule has 2 nitrogen and oxygen atoms in total. The number of phenolic OH excluding ortho intramolecular Hbond substituents is 1. The third-order valence-corrected chi connectivity index (χ3v) is 3.84. The van der Waals surface area contributed by atoms with Crippen molar-refractivity contribution in [1.29, 1.82) is 0 Å². The second-order valence-electron chi connectivity index (χ2n) is 5.19. The molecule has 98 valence electrons. The molecule has 1 aliphatic rings. The van der Waals surface area contributed by atoms with E-state index in [1.165, 1.54) is 29.5 Å². The Morgan fingerprint density at radius 3 is 2.79 bits per heavy atom. The lowest BCUT2D eigenvalue weighted by atomic mass is 9.87. The van der Waals surface area contributed by atoms with Crippen LogP contribution in [0.15, 0.2) is 48.5 Å². The number of fused-ring (bicyclic) bond motifs is 1. The molecule has 0 saturated carbocycles. The number of benzene rings is 2. The lowest BCUT2D eigenvalue weighted by molar-refractivity contribution is 0.449. The van der Waals surface area contributed by atoms with Crippen molar-refractivity contribution in [1.82, 2.24) is 5.32 Å². The molecule has 0 saturated heterocycles. The number of aryl methyl sites for hydroxylation is 1. The Bertz CT molecular complexity index is 550. The number of hydrogen-bond acceptors (Lipinski definition) is 2. The van der Waals surface area contributed by atoms with Gasteiger partial charge in [-0.25, -0.2) is 0 Å². The van der Waals surface area contributed by atoms with Crippen LogP contribution in [0.4, 0.5) is 0 Å². The fraction of sp³-hybridized carbons (Fsp3) is 0.294. The van der Waals surface area contributed by atoms with Gasteiger partial charge in [-0.05, 0) is 48.1 Å². The van der Waals surface area contributed by atoms with Gasteiger partial charge in [0.15, 0.2) is 0 Å². The molecule has 1 unspecified atom stereocenters. The molecule has 0 spiro atoms. The van der Waals surface area contributed by atoms with Gasteiger partial charge >= 0.3 is 0 Å². The van der Waals surface area contributed by atoms with Crippen LogP contribution in [0.25, 0.3) is 0 Å². The molecule has 0 radical (unpaired) electrons. The van der Waals surface area contributed by atoms with E-state index in [4.69, 9.17) is 0 Å². The molecule has 0 bridgehead atoms. The molecule has 2 aromatic carbocycles. The van der Waals surface area contributed by atoms with Gasteiger partial charge in [0.25, 0.3) is 0 Å². The normalized spacial score (nSPS) is 18.0. The van der Waals surface area contributed by atoms with Crippen LogP contribution in [0.2, 0.25) is 0 Å². The zero-order chi connectivity index (χ0) is 13.1. The van der Waals surface area contributed by atoms with Crippen LogP contribution in [-0.2, 0) is 13.0 Å². The zero-order valence-corrected chi connectivity index (χ0v) is 11.0. The predicted molar refractivity (Wildman–Crippen MR) is 77.1 cm³/mol. The van der Waals surface area contributed by atoms with Gasteiger partial charge in [-0.1, -0.05) is 36.4 Å². The van der Waals surface area contributed by atoms with Gasteiger partial charge in [-0.3, -0.25) is 0 Å². The summed E-state index contributed by atoms with van der Waals surface area (Å²) in [5.74, 6) is 0.377. The van der Waals surface area contributed by atoms with Crippen molar-refractivity contribution < 1.29 is 5.11 Å². The molecule has 0 heterocycles. The van der Waals surface area contributed by atoms with Gasteiger partial charge in [0, 0.05) is 12.6 Å². The Morgan fingerprint density at radius 2 is 1.95 bits per heavy atom. The van der Waals surface area contributed by atoms with Crippen LogP contribution in [0.1, 0.15) is 35.6 Å². The quantitative estimate of drug-likeness (QED) is 0.876. The molecule has 2 heteroatoms. The first kappa shape index (κ1) is 12.2. The van der Waals surface area contributed by atoms with Gasteiger partial charge in [0.1, 0.15) is 5.75 Å². The maximum atomic E-state index is 9.56. The van der Waals surface area contributed by atoms with Crippen LogP contribution in [0.3, 0.4) is 0 Å². The highest BCUT2D eigenvalue weighted by Gasteiger charge is 2.19. The van der Waals surface area contributed by atoms with Gasteiger partial charge in [-0.15, -0.1) is 0 Å². The summed E-state index contributed by atoms with van der Waals surface area (Å²) in [5, 5.41) is 13.2. The second-order valence-corrected chi connectivity index (χ2v) is 5.19. The Hall–Kier alpha value is -1.80. The summed E-state index contributed by atoms with van der Waals surface area (Å²) in [5.41, 5.74) is 3.95. The Balaban J connectivity index is 1.73. The third-order valence-electron chi connectivity index (χ3n) is 3.84. The highest BCUT2D eigenvalue weighted by Crippen LogP contribution is 2.31. The molecule has 0 aliphatic heterocycles. The molecular weight excluding hydrogens is 234 g/mol. The summed E-state index contributed by atoms with van der Waals surface area (Å²) < 4.78 is 0. The smallest absolute Gasteiger partial charge is 0.115 e. The van der Waals surface area contributed by atoms with E-state index in [0.717, 1.165) is 13.0 Å². The average Bonchev–Trinajstić information content (AvgIpc) is 2.45. The Labute approximate surface area is 114 Å². The fourth-order valence-electron chi connectivity index (χ4n) is 2.85. The Kier molecular flexibility index (Phi) is 3.51. The molecule has 0 aromatic heterocycles. The average molecular weight is 253 g/mol. The number of nitrogens with one attached hydrogen (secondary N) is 1. The SMILES string of the molecule is Oc1ccc2c(c1)CCCC2NCc1ccccc1. The largest absolute Gasteiger partial charge is 0.508 e. The summed E-state index contributed by atoms with van der Waals surface area (Å²) >= 11 is 0. The van der Waals surface area contributed by atoms with E-state index >= 15 is 0 Å². The van der Waals surface area contributed by atoms with Crippen molar-refractivity contribution in [2.24, 2.45) is 0 Å². The van der Waals surface area contributed by atoms with Crippen molar-refractivity contribution in [3.05, 3.63) is 65.2 Å². The molecule has 1 aliphatic carbocycles. The van der Waals surface area contributed by atoms with E-state index < -0.39 is 0 Å². The van der Waals surface area contributed by atoms with Gasteiger partial charge in [-0.2, -0.15) is 0 Å². The summed E-state index contributed by atoms with van der Waals surface area (Å²) in [7, 11) is 0. The Morgan fingerprint density at radius 1 is 1.11 bits per heavy atom. The van der Waals surface area contributed by atoms with Crippen LogP contribution >= 0.6 is 0 Å². The number of hydrogen-bond donors (Lipinski definition) is 2. The van der Waals surface area contributed by atoms with E-state index in [1.54, 1.807) is 6.07 Å². The molecule has 0 amide bonds. The van der Waals surface area contributed by atoms with E-state index in [1.807, 2.05) is 12.1 Å². The van der Waals surface area contributed by atoms with E-state index in [9.17, 15) is 5.11 Å². The fourth-order valence-corrected chi connectivity index (χ4v) is 2.85. The molecular formula is C17H19NO. The van der Waals surface area contributed by atoms with Crippen LogP contribution < -0.4 is 5.32 Å². The minimum Gasteiger partial charge on any atom is -0.508 e. The van der Waals surface area contributed by atoms with Gasteiger partial charge in [0.05, 0.1) is 0 Å². The van der Waals surface area contributed by atoms with Crippen LogP contribution in [0, 0.1) is 0 Å². The maximum Gasteiger partial charge on any atom is 0.115 e. The standard InChI is InChI=1S/C17H19NO/c19-15-9-10-16-14(11-15)7-4-8-17(16)18-12-13-5-2-1-3-6-13/h1-3,5-6,9-11,17-19H,4,7-8,12H2. The summed E-state index contributed by atoms with van der Waals surface area (Å²) in [6, 6.07) is 16.7. The summed E-state index contributed by atoms with van der Waals surface area (Å²) in [4.78, 5) is 0. The number of rotatable bonds is 3. The first-order valence-electron chi connectivity index (χ1n) is 6.92. The second kappa shape index (κ2) is 5.45. The minimum absolute atomic E-state index is 0.377. The van der Waals surface area contributed by atoms with Crippen LogP contribution in [-0.4, -0.2) is 5.11 Å². The minimum atomic E-state index is 0.377. The highest BCUT2D eigenvalue weighted by atomic mass is 16.3. The van der Waals surface area contributed by atoms with E-state index in [0.29, 0.717) is 11.8 Å². The zero-order valence-electron chi connectivity index (χ0n) is 11.0. The van der Waals surface area contributed by atoms with Gasteiger partial charge < -0.3 is 10.4 Å². The molecule has 3 rings (SSSR count). The van der Waals surface area contributed by atoms with Crippen molar-refractivity contribution >= 4 is 0 Å². The van der Waals surface area contributed by atoms with Crippen molar-refractivity contribution in [2.75, 3.05) is 0 Å². The molecule has 2 aromatic rings. The predicted octanol–water partition coefficient (Wildman–Crippen LogP) is 3.56. The molecule has 0 fully saturated rings. The first-order chi connectivity index (χ1) is 9.33. The lowest BCUT2D eigenvalue weighted by Gasteiger charge is -2.26. The highest BCUT2D eigenvalue weighted by molar-refractivity contribution is 5.38. The topological polar surface area (TPSA) is 32.3 Å². The van der Waals surface area contributed by atoms with Gasteiger partial charge in [0.2, 0.25) is 0 Å². The molecule has 2 N–H and O–H groups in total. The number of aromatic hydroxyl groups is 1. The van der Waals surface area contributed by atoms with Crippen molar-refractivity contribution in [2.45, 2.75) is 31.8 Å². The number of phenols is 1. The monoisotopic (exact) mass is 253 g/mol. The summed E-state index contributed by atoms with van der Waals surface area (Å²) in [6.07, 6.45) is 3.43. The van der Waals surface area contributed by atoms with E-state index in [2.05, 4.69) is 35.6 Å².